The Hall–Kier alpha value is -4.72. The Bertz CT molecular complexity index is 1680. The van der Waals surface area contributed by atoms with Gasteiger partial charge in [0.15, 0.2) is 0 Å². The molecule has 2 aromatic carbocycles. The lowest BCUT2D eigenvalue weighted by atomic mass is 9.92. The van der Waals surface area contributed by atoms with E-state index in [1.807, 2.05) is 10.7 Å². The summed E-state index contributed by atoms with van der Waals surface area (Å²) >= 11 is 0. The van der Waals surface area contributed by atoms with Gasteiger partial charge in [0.05, 0.1) is 43.3 Å². The van der Waals surface area contributed by atoms with Crippen LogP contribution in [0.5, 0.6) is 17.2 Å². The predicted octanol–water partition coefficient (Wildman–Crippen LogP) is 5.48. The Morgan fingerprint density at radius 3 is 2.40 bits per heavy atom. The number of carbonyl (C=O) groups is 2. The van der Waals surface area contributed by atoms with Crippen LogP contribution in [0, 0.1) is 0 Å². The van der Waals surface area contributed by atoms with Gasteiger partial charge in [-0.1, -0.05) is 20.8 Å². The molecule has 0 atom stereocenters. The summed E-state index contributed by atoms with van der Waals surface area (Å²) in [4.78, 5) is 31.7. The molecule has 1 aliphatic rings. The molecule has 0 spiro atoms. The fourth-order valence-corrected chi connectivity index (χ4v) is 5.01. The highest BCUT2D eigenvalue weighted by Gasteiger charge is 2.22. The number of amides is 3. The van der Waals surface area contributed by atoms with Crippen LogP contribution in [-0.4, -0.2) is 84.8 Å². The minimum atomic E-state index is -0.374. The maximum Gasteiger partial charge on any atom is 0.324 e. The van der Waals surface area contributed by atoms with Crippen LogP contribution in [0.3, 0.4) is 0 Å². The molecule has 0 saturated carbocycles. The molecule has 250 valence electrons. The van der Waals surface area contributed by atoms with Gasteiger partial charge in [-0.2, -0.15) is 5.10 Å². The third-order valence-electron chi connectivity index (χ3n) is 7.52. The molecule has 0 bridgehead atoms. The number of urea groups is 1. The number of pyridine rings is 1. The van der Waals surface area contributed by atoms with Gasteiger partial charge in [0.2, 0.25) is 5.91 Å². The second-order valence-electron chi connectivity index (χ2n) is 12.2. The van der Waals surface area contributed by atoms with Crippen molar-refractivity contribution in [1.29, 1.82) is 0 Å². The summed E-state index contributed by atoms with van der Waals surface area (Å²) in [5.41, 5.74) is 2.47. The first kappa shape index (κ1) is 33.6. The van der Waals surface area contributed by atoms with Crippen molar-refractivity contribution in [3.63, 3.8) is 0 Å². The number of benzene rings is 2. The third-order valence-corrected chi connectivity index (χ3v) is 7.52. The number of anilines is 3. The number of fused-ring (bicyclic) bond motifs is 1. The Morgan fingerprint density at radius 1 is 0.936 bits per heavy atom. The molecular formula is C34H43N7O6. The van der Waals surface area contributed by atoms with Gasteiger partial charge in [0.25, 0.3) is 0 Å². The van der Waals surface area contributed by atoms with E-state index < -0.39 is 0 Å². The summed E-state index contributed by atoms with van der Waals surface area (Å²) in [6.45, 7) is 13.2. The van der Waals surface area contributed by atoms with Gasteiger partial charge in [-0.05, 0) is 36.4 Å². The lowest BCUT2D eigenvalue weighted by molar-refractivity contribution is -0.114. The molecule has 5 rings (SSSR count). The minimum absolute atomic E-state index is 0.168. The number of ether oxygens (including phenoxy) is 4. The molecule has 3 N–H and O–H groups in total. The fourth-order valence-electron chi connectivity index (χ4n) is 5.01. The van der Waals surface area contributed by atoms with Crippen LogP contribution in [0.15, 0.2) is 54.7 Å². The summed E-state index contributed by atoms with van der Waals surface area (Å²) < 4.78 is 24.4. The Balaban J connectivity index is 1.26. The van der Waals surface area contributed by atoms with E-state index in [-0.39, 0.29) is 17.4 Å². The summed E-state index contributed by atoms with van der Waals surface area (Å²) in [6, 6.07) is 13.9. The van der Waals surface area contributed by atoms with Crippen molar-refractivity contribution in [1.82, 2.24) is 19.7 Å². The van der Waals surface area contributed by atoms with Crippen LogP contribution in [0.2, 0.25) is 0 Å². The summed E-state index contributed by atoms with van der Waals surface area (Å²) in [7, 11) is 1.59. The van der Waals surface area contributed by atoms with Gasteiger partial charge in [-0.25, -0.2) is 9.48 Å². The molecule has 3 amide bonds. The molecule has 3 heterocycles. The predicted molar refractivity (Wildman–Crippen MR) is 181 cm³/mol. The van der Waals surface area contributed by atoms with Crippen LogP contribution < -0.4 is 25.4 Å². The minimum Gasteiger partial charge on any atom is -0.489 e. The Labute approximate surface area is 274 Å². The van der Waals surface area contributed by atoms with Gasteiger partial charge in [-0.15, -0.1) is 0 Å². The van der Waals surface area contributed by atoms with Crippen molar-refractivity contribution < 1.29 is 28.5 Å². The van der Waals surface area contributed by atoms with E-state index >= 15 is 0 Å². The maximum atomic E-state index is 13.1. The van der Waals surface area contributed by atoms with E-state index in [1.165, 1.54) is 6.92 Å². The van der Waals surface area contributed by atoms with Crippen LogP contribution in [-0.2, 0) is 26.2 Å². The number of methoxy groups -OCH3 is 1. The quantitative estimate of drug-likeness (QED) is 0.171. The smallest absolute Gasteiger partial charge is 0.324 e. The number of nitrogens with one attached hydrogen (secondary N) is 3. The van der Waals surface area contributed by atoms with Crippen molar-refractivity contribution in [2.75, 3.05) is 69.1 Å². The molecule has 0 aliphatic carbocycles. The highest BCUT2D eigenvalue weighted by molar-refractivity contribution is 5.99. The van der Waals surface area contributed by atoms with E-state index in [1.54, 1.807) is 55.8 Å². The van der Waals surface area contributed by atoms with Crippen LogP contribution in [0.4, 0.5) is 22.0 Å². The molecule has 13 nitrogen and oxygen atoms in total. The molecule has 1 saturated heterocycles. The van der Waals surface area contributed by atoms with Crippen LogP contribution >= 0.6 is 0 Å². The Morgan fingerprint density at radius 2 is 1.70 bits per heavy atom. The van der Waals surface area contributed by atoms with Crippen molar-refractivity contribution in [3.8, 4) is 17.2 Å². The monoisotopic (exact) mass is 645 g/mol. The number of aromatic nitrogens is 3. The van der Waals surface area contributed by atoms with Crippen LogP contribution in [0.1, 0.15) is 33.4 Å². The molecule has 2 aromatic heterocycles. The fraction of sp³-hybridized carbons (Fsp3) is 0.412. The molecule has 0 radical (unpaired) electrons. The van der Waals surface area contributed by atoms with Gasteiger partial charge >= 0.3 is 6.03 Å². The molecule has 4 aromatic rings. The summed E-state index contributed by atoms with van der Waals surface area (Å²) in [5, 5.41) is 14.2. The van der Waals surface area contributed by atoms with Crippen LogP contribution in [0.25, 0.3) is 10.9 Å². The topological polar surface area (TPSA) is 141 Å². The number of nitrogens with zero attached hydrogens (tertiary/aromatic N) is 4. The zero-order valence-corrected chi connectivity index (χ0v) is 27.6. The number of hydrogen-bond acceptors (Lipinski definition) is 9. The first-order valence-corrected chi connectivity index (χ1v) is 15.7. The zero-order chi connectivity index (χ0) is 33.4. The third kappa shape index (κ3) is 9.18. The average molecular weight is 646 g/mol. The number of hydrogen-bond donors (Lipinski definition) is 3. The highest BCUT2D eigenvalue weighted by atomic mass is 16.5. The number of rotatable bonds is 12. The lowest BCUT2D eigenvalue weighted by Crippen LogP contribution is -2.38. The van der Waals surface area contributed by atoms with E-state index in [0.29, 0.717) is 65.1 Å². The largest absolute Gasteiger partial charge is 0.489 e. The number of carbonyl (C=O) groups excluding carboxylic acids is 2. The molecule has 47 heavy (non-hydrogen) atoms. The zero-order valence-electron chi connectivity index (χ0n) is 27.6. The normalized spacial score (nSPS) is 13.7. The van der Waals surface area contributed by atoms with Gasteiger partial charge in [0.1, 0.15) is 29.7 Å². The van der Waals surface area contributed by atoms with E-state index in [4.69, 9.17) is 24.0 Å². The maximum absolute atomic E-state index is 13.1. The molecular weight excluding hydrogens is 602 g/mol. The average Bonchev–Trinajstić information content (AvgIpc) is 3.45. The standard InChI is InChI=1S/C34H43N7O6/c1-23(42)36-28-20-26-27(21-30(28)46-19-18-44-5)35-11-10-29(26)47-25-8-6-24(7-9-25)37-33(43)38-32-22-31(34(2,3)4)39-41(32)13-12-40-14-16-45-17-15-40/h6-11,20-22H,12-19H2,1-5H3,(H,36,42)(H2,37,38,43). The molecule has 0 unspecified atom stereocenters. The molecule has 1 fully saturated rings. The Kier molecular flexibility index (Phi) is 10.9. The SMILES string of the molecule is COCCOc1cc2nccc(Oc3ccc(NC(=O)Nc4cc(C(C)(C)C)nn4CCN4CCOCC4)cc3)c2cc1NC(C)=O. The van der Waals surface area contributed by atoms with E-state index in [9.17, 15) is 9.59 Å². The van der Waals surface area contributed by atoms with Crippen molar-refractivity contribution >= 4 is 40.0 Å². The highest BCUT2D eigenvalue weighted by Crippen LogP contribution is 2.36. The second kappa shape index (κ2) is 15.2. The summed E-state index contributed by atoms with van der Waals surface area (Å²) in [6.07, 6.45) is 1.64. The first-order chi connectivity index (χ1) is 22.6. The van der Waals surface area contributed by atoms with Gasteiger partial charge in [0, 0.05) is 68.5 Å². The van der Waals surface area contributed by atoms with Gasteiger partial charge < -0.3 is 29.6 Å². The van der Waals surface area contributed by atoms with Gasteiger partial charge in [-0.3, -0.25) is 20.0 Å². The lowest BCUT2D eigenvalue weighted by Gasteiger charge is -2.26. The van der Waals surface area contributed by atoms with Crippen molar-refractivity contribution in [3.05, 3.63) is 60.4 Å². The molecule has 13 heteroatoms. The van der Waals surface area contributed by atoms with Crippen molar-refractivity contribution in [2.45, 2.75) is 39.7 Å². The summed E-state index contributed by atoms with van der Waals surface area (Å²) in [5.74, 6) is 1.99. The first-order valence-electron chi connectivity index (χ1n) is 15.7. The molecule has 1 aliphatic heterocycles. The van der Waals surface area contributed by atoms with E-state index in [2.05, 4.69) is 46.6 Å². The van der Waals surface area contributed by atoms with Crippen molar-refractivity contribution in [2.24, 2.45) is 0 Å². The van der Waals surface area contributed by atoms with E-state index in [0.717, 1.165) is 38.5 Å². The second-order valence-corrected chi connectivity index (χ2v) is 12.2. The number of morpholine rings is 1.